The molecule has 1 N–H and O–H groups in total. The minimum atomic E-state index is -0.521. The molecule has 21 heavy (non-hydrogen) atoms. The first-order valence-corrected chi connectivity index (χ1v) is 7.60. The Hall–Kier alpha value is -1.71. The van der Waals surface area contributed by atoms with Crippen LogP contribution in [-0.4, -0.2) is 11.6 Å². The zero-order valence-electron chi connectivity index (χ0n) is 12.9. The fourth-order valence-electron chi connectivity index (χ4n) is 2.92. The predicted molar refractivity (Wildman–Crippen MR) is 82.6 cm³/mol. The van der Waals surface area contributed by atoms with E-state index in [1.54, 1.807) is 12.1 Å². The van der Waals surface area contributed by atoms with Gasteiger partial charge in [0.1, 0.15) is 5.82 Å². The number of nitrogens with zero attached hydrogens (tertiary/aromatic N) is 1. The number of benzene rings is 1. The van der Waals surface area contributed by atoms with Crippen molar-refractivity contribution in [2.24, 2.45) is 22.9 Å². The van der Waals surface area contributed by atoms with Crippen molar-refractivity contribution < 1.29 is 9.18 Å². The largest absolute Gasteiger partial charge is 0.274 e. The van der Waals surface area contributed by atoms with Crippen LogP contribution in [0, 0.1) is 23.6 Å². The van der Waals surface area contributed by atoms with Crippen molar-refractivity contribution in [3.63, 3.8) is 0 Å². The smallest absolute Gasteiger partial charge is 0.267 e. The summed E-state index contributed by atoms with van der Waals surface area (Å²) in [5.41, 5.74) is 3.59. The summed E-state index contributed by atoms with van der Waals surface area (Å²) in [6, 6.07) is 5.95. The lowest BCUT2D eigenvalue weighted by Gasteiger charge is -2.30. The van der Waals surface area contributed by atoms with Crippen molar-refractivity contribution >= 4 is 11.6 Å². The number of hydrogen-bond acceptors (Lipinski definition) is 2. The Morgan fingerprint density at radius 3 is 2.71 bits per heavy atom. The molecule has 1 aliphatic rings. The Bertz CT molecular complexity index is 539. The average molecular weight is 290 g/mol. The van der Waals surface area contributed by atoms with Gasteiger partial charge in [0, 0.05) is 11.6 Å². The molecule has 0 unspecified atom stereocenters. The normalized spacial score (nSPS) is 24.3. The molecule has 1 aliphatic carbocycles. The maximum absolute atomic E-state index is 13.6. The van der Waals surface area contributed by atoms with E-state index in [9.17, 15) is 9.18 Å². The molecular weight excluding hydrogens is 267 g/mol. The van der Waals surface area contributed by atoms with Gasteiger partial charge in [-0.2, -0.15) is 5.10 Å². The molecule has 3 nitrogen and oxygen atoms in total. The van der Waals surface area contributed by atoms with E-state index >= 15 is 0 Å². The third-order valence-electron chi connectivity index (χ3n) is 4.18. The van der Waals surface area contributed by atoms with Gasteiger partial charge in [-0.05, 0) is 43.2 Å². The quantitative estimate of drug-likeness (QED) is 0.840. The van der Waals surface area contributed by atoms with E-state index in [2.05, 4.69) is 31.3 Å². The van der Waals surface area contributed by atoms with E-state index in [1.165, 1.54) is 18.6 Å². The van der Waals surface area contributed by atoms with Gasteiger partial charge >= 0.3 is 0 Å². The lowest BCUT2D eigenvalue weighted by molar-refractivity contribution is 0.0950. The standard InChI is InChI=1S/C17H23FN2O/c1-11(2)13-9-8-12(3)10-16(13)19-20-17(21)14-6-4-5-7-15(14)18/h4-7,11-13H,8-10H2,1-3H3,(H,20,21)/b19-16-/t12-,13-/m0/s1. The Labute approximate surface area is 125 Å². The molecule has 4 heteroatoms. The van der Waals surface area contributed by atoms with Gasteiger partial charge < -0.3 is 0 Å². The van der Waals surface area contributed by atoms with Crippen LogP contribution < -0.4 is 5.43 Å². The molecule has 2 atom stereocenters. The minimum Gasteiger partial charge on any atom is -0.267 e. The second-order valence-corrected chi connectivity index (χ2v) is 6.26. The van der Waals surface area contributed by atoms with Crippen LogP contribution in [0.2, 0.25) is 0 Å². The third-order valence-corrected chi connectivity index (χ3v) is 4.18. The molecule has 0 spiro atoms. The van der Waals surface area contributed by atoms with Crippen molar-refractivity contribution in [2.75, 3.05) is 0 Å². The molecule has 0 radical (unpaired) electrons. The van der Waals surface area contributed by atoms with Crippen LogP contribution in [0.3, 0.4) is 0 Å². The Balaban J connectivity index is 2.11. The molecule has 1 aromatic rings. The number of nitrogens with one attached hydrogen (secondary N) is 1. The van der Waals surface area contributed by atoms with E-state index < -0.39 is 11.7 Å². The van der Waals surface area contributed by atoms with Crippen LogP contribution in [0.25, 0.3) is 0 Å². The minimum absolute atomic E-state index is 0.0341. The Morgan fingerprint density at radius 1 is 1.33 bits per heavy atom. The predicted octanol–water partition coefficient (Wildman–Crippen LogP) is 4.00. The number of halogens is 1. The van der Waals surface area contributed by atoms with E-state index in [4.69, 9.17) is 0 Å². The molecule has 2 rings (SSSR count). The second kappa shape index (κ2) is 6.83. The first-order chi connectivity index (χ1) is 9.99. The molecule has 1 saturated carbocycles. The van der Waals surface area contributed by atoms with E-state index in [0.717, 1.165) is 18.6 Å². The Morgan fingerprint density at radius 2 is 2.05 bits per heavy atom. The highest BCUT2D eigenvalue weighted by molar-refractivity contribution is 5.96. The lowest BCUT2D eigenvalue weighted by atomic mass is 9.76. The number of rotatable bonds is 3. The molecule has 0 heterocycles. The third kappa shape index (κ3) is 3.90. The SMILES string of the molecule is CC(C)[C@@H]1CC[C@H](C)C/C1=N/NC(=O)c1ccccc1F. The zero-order chi connectivity index (χ0) is 15.4. The summed E-state index contributed by atoms with van der Waals surface area (Å²) in [7, 11) is 0. The number of amides is 1. The monoisotopic (exact) mass is 290 g/mol. The number of carbonyl (C=O) groups excluding carboxylic acids is 1. The van der Waals surface area contributed by atoms with Crippen LogP contribution in [0.5, 0.6) is 0 Å². The van der Waals surface area contributed by atoms with Crippen molar-refractivity contribution in [1.82, 2.24) is 5.43 Å². The van der Waals surface area contributed by atoms with Crippen molar-refractivity contribution in [1.29, 1.82) is 0 Å². The van der Waals surface area contributed by atoms with Gasteiger partial charge in [0.25, 0.3) is 5.91 Å². The van der Waals surface area contributed by atoms with Gasteiger partial charge in [-0.25, -0.2) is 9.82 Å². The van der Waals surface area contributed by atoms with E-state index in [-0.39, 0.29) is 5.56 Å². The highest BCUT2D eigenvalue weighted by Gasteiger charge is 2.27. The highest BCUT2D eigenvalue weighted by atomic mass is 19.1. The maximum Gasteiger partial charge on any atom is 0.274 e. The molecule has 1 amide bonds. The van der Waals surface area contributed by atoms with Crippen LogP contribution in [0.1, 0.15) is 50.4 Å². The van der Waals surface area contributed by atoms with Crippen molar-refractivity contribution in [2.45, 2.75) is 40.0 Å². The fraction of sp³-hybridized carbons (Fsp3) is 0.529. The summed E-state index contributed by atoms with van der Waals surface area (Å²) in [6.07, 6.45) is 3.21. The first-order valence-electron chi connectivity index (χ1n) is 7.60. The van der Waals surface area contributed by atoms with Crippen LogP contribution in [-0.2, 0) is 0 Å². The number of carbonyl (C=O) groups is 1. The van der Waals surface area contributed by atoms with Gasteiger partial charge in [0.05, 0.1) is 5.56 Å². The Kier molecular flexibility index (Phi) is 5.10. The van der Waals surface area contributed by atoms with Gasteiger partial charge in [-0.1, -0.05) is 32.9 Å². The number of hydrazone groups is 1. The maximum atomic E-state index is 13.6. The highest BCUT2D eigenvalue weighted by Crippen LogP contribution is 2.31. The van der Waals surface area contributed by atoms with Crippen LogP contribution >= 0.6 is 0 Å². The van der Waals surface area contributed by atoms with Gasteiger partial charge in [0.15, 0.2) is 0 Å². The summed E-state index contributed by atoms with van der Waals surface area (Å²) in [5, 5.41) is 4.30. The summed E-state index contributed by atoms with van der Waals surface area (Å²) in [5.74, 6) is 0.488. The molecule has 0 saturated heterocycles. The zero-order valence-corrected chi connectivity index (χ0v) is 12.9. The summed E-state index contributed by atoms with van der Waals surface area (Å²) >= 11 is 0. The summed E-state index contributed by atoms with van der Waals surface area (Å²) < 4.78 is 13.6. The summed E-state index contributed by atoms with van der Waals surface area (Å²) in [4.78, 5) is 12.0. The molecule has 0 bridgehead atoms. The lowest BCUT2D eigenvalue weighted by Crippen LogP contribution is -2.31. The molecule has 1 aromatic carbocycles. The van der Waals surface area contributed by atoms with Crippen molar-refractivity contribution in [3.8, 4) is 0 Å². The first kappa shape index (κ1) is 15.7. The molecule has 114 valence electrons. The van der Waals surface area contributed by atoms with Crippen LogP contribution in [0.4, 0.5) is 4.39 Å². The average Bonchev–Trinajstić information content (AvgIpc) is 2.45. The molecule has 0 aliphatic heterocycles. The van der Waals surface area contributed by atoms with Gasteiger partial charge in [-0.15, -0.1) is 0 Å². The molecule has 0 aromatic heterocycles. The molecule has 1 fully saturated rings. The fourth-order valence-corrected chi connectivity index (χ4v) is 2.92. The topological polar surface area (TPSA) is 41.5 Å². The second-order valence-electron chi connectivity index (χ2n) is 6.26. The van der Waals surface area contributed by atoms with Crippen LogP contribution in [0.15, 0.2) is 29.4 Å². The van der Waals surface area contributed by atoms with E-state index in [1.807, 2.05) is 0 Å². The number of hydrogen-bond donors (Lipinski definition) is 1. The van der Waals surface area contributed by atoms with E-state index in [0.29, 0.717) is 17.8 Å². The van der Waals surface area contributed by atoms with Crippen molar-refractivity contribution in [3.05, 3.63) is 35.6 Å². The van der Waals surface area contributed by atoms with Gasteiger partial charge in [-0.3, -0.25) is 4.79 Å². The summed E-state index contributed by atoms with van der Waals surface area (Å²) in [6.45, 7) is 6.55. The molecular formula is C17H23FN2O. The van der Waals surface area contributed by atoms with Gasteiger partial charge in [0.2, 0.25) is 0 Å².